The van der Waals surface area contributed by atoms with E-state index in [1.54, 1.807) is 0 Å². The molecule has 82 valence electrons. The van der Waals surface area contributed by atoms with Gasteiger partial charge in [-0.2, -0.15) is 0 Å². The molecule has 0 aliphatic carbocycles. The summed E-state index contributed by atoms with van der Waals surface area (Å²) >= 11 is 0. The molecule has 0 rings (SSSR count). The molecule has 0 aromatic rings. The number of nitrogens with zero attached hydrogens (tertiary/aromatic N) is 1. The molecule has 0 spiro atoms. The number of aliphatic hydroxyl groups excluding tert-OH is 1. The molecule has 0 fully saturated rings. The van der Waals surface area contributed by atoms with E-state index in [4.69, 9.17) is 5.11 Å². The van der Waals surface area contributed by atoms with E-state index in [0.717, 1.165) is 12.8 Å². The van der Waals surface area contributed by atoms with Gasteiger partial charge in [-0.3, -0.25) is 0 Å². The van der Waals surface area contributed by atoms with Crippen molar-refractivity contribution in [3.63, 3.8) is 0 Å². The van der Waals surface area contributed by atoms with E-state index < -0.39 is 0 Å². The Labute approximate surface area is 82.3 Å². The van der Waals surface area contributed by atoms with Crippen LogP contribution in [0.15, 0.2) is 0 Å². The van der Waals surface area contributed by atoms with E-state index in [2.05, 4.69) is 20.8 Å². The van der Waals surface area contributed by atoms with E-state index in [0.29, 0.717) is 6.61 Å². The molecular formula is C10H25NO2. The average Bonchev–Trinajstić information content (AvgIpc) is 2.14. The van der Waals surface area contributed by atoms with Gasteiger partial charge < -0.3 is 15.1 Å². The molecule has 2 N–H and O–H groups in total. The summed E-state index contributed by atoms with van der Waals surface area (Å²) < 4.78 is 1.21. The molecule has 0 amide bonds. The molecule has 0 heterocycles. The van der Waals surface area contributed by atoms with Crippen LogP contribution in [0.5, 0.6) is 0 Å². The summed E-state index contributed by atoms with van der Waals surface area (Å²) in [5.74, 6) is 0. The van der Waals surface area contributed by atoms with Gasteiger partial charge in [0, 0.05) is 6.61 Å². The van der Waals surface area contributed by atoms with E-state index >= 15 is 0 Å². The molecular weight excluding hydrogens is 166 g/mol. The van der Waals surface area contributed by atoms with E-state index in [9.17, 15) is 0 Å². The van der Waals surface area contributed by atoms with Crippen LogP contribution in [-0.2, 0) is 0 Å². The molecule has 0 radical (unpaired) electrons. The van der Waals surface area contributed by atoms with Crippen molar-refractivity contribution in [3.05, 3.63) is 0 Å². The minimum Gasteiger partial charge on any atom is -0.870 e. The van der Waals surface area contributed by atoms with Gasteiger partial charge in [-0.25, -0.2) is 0 Å². The number of quaternary nitrogens is 1. The van der Waals surface area contributed by atoms with Crippen molar-refractivity contribution in [2.75, 3.05) is 32.8 Å². The van der Waals surface area contributed by atoms with Crippen molar-refractivity contribution in [2.24, 2.45) is 0 Å². The predicted molar refractivity (Wildman–Crippen MR) is 55.0 cm³/mol. The zero-order chi connectivity index (χ0) is 9.45. The fourth-order valence-electron chi connectivity index (χ4n) is 1.70. The van der Waals surface area contributed by atoms with Crippen LogP contribution < -0.4 is 0 Å². The van der Waals surface area contributed by atoms with Crippen molar-refractivity contribution in [2.45, 2.75) is 33.6 Å². The van der Waals surface area contributed by atoms with Crippen LogP contribution in [-0.4, -0.2) is 47.9 Å². The molecule has 13 heavy (non-hydrogen) atoms. The molecule has 0 atom stereocenters. The van der Waals surface area contributed by atoms with Crippen LogP contribution in [0.25, 0.3) is 0 Å². The molecule has 3 heteroatoms. The molecule has 0 aromatic carbocycles. The number of rotatable bonds is 7. The van der Waals surface area contributed by atoms with Crippen molar-refractivity contribution in [1.82, 2.24) is 0 Å². The van der Waals surface area contributed by atoms with E-state index in [1.807, 2.05) is 0 Å². The lowest BCUT2D eigenvalue weighted by molar-refractivity contribution is -0.923. The van der Waals surface area contributed by atoms with Gasteiger partial charge in [0.15, 0.2) is 0 Å². The highest BCUT2D eigenvalue weighted by Crippen LogP contribution is 2.07. The summed E-state index contributed by atoms with van der Waals surface area (Å²) in [6, 6.07) is 0. The van der Waals surface area contributed by atoms with Crippen molar-refractivity contribution < 1.29 is 15.1 Å². The van der Waals surface area contributed by atoms with Crippen molar-refractivity contribution in [3.8, 4) is 0 Å². The van der Waals surface area contributed by atoms with Crippen LogP contribution in [0, 0.1) is 0 Å². The molecule has 0 bridgehead atoms. The highest BCUT2D eigenvalue weighted by molar-refractivity contribution is 4.41. The molecule has 3 nitrogen and oxygen atoms in total. The first-order valence-electron chi connectivity index (χ1n) is 5.20. The van der Waals surface area contributed by atoms with Crippen molar-refractivity contribution in [1.29, 1.82) is 0 Å². The molecule has 0 saturated carbocycles. The van der Waals surface area contributed by atoms with E-state index in [-0.39, 0.29) is 5.48 Å². The average molecular weight is 191 g/mol. The maximum absolute atomic E-state index is 8.67. The standard InChI is InChI=1S/C10H24NO.H2O/c1-4-11(5-2,6-3)9-7-8-10-12;/h12H,4-10H2,1-3H3;1H2/q+1;/p-1. The second-order valence-corrected chi connectivity index (χ2v) is 3.44. The molecule has 0 aliphatic heterocycles. The Morgan fingerprint density at radius 1 is 0.923 bits per heavy atom. The molecule has 0 aliphatic rings. The lowest BCUT2D eigenvalue weighted by Gasteiger charge is -2.35. The minimum atomic E-state index is 0. The summed E-state index contributed by atoms with van der Waals surface area (Å²) in [6.45, 7) is 12.0. The first kappa shape index (κ1) is 15.4. The quantitative estimate of drug-likeness (QED) is 0.489. The summed E-state index contributed by atoms with van der Waals surface area (Å²) in [6.07, 6.45) is 2.12. The van der Waals surface area contributed by atoms with Gasteiger partial charge in [-0.1, -0.05) is 0 Å². The highest BCUT2D eigenvalue weighted by Gasteiger charge is 2.19. The SMILES string of the molecule is CC[N+](CC)(CC)CCCCO.[OH-]. The Balaban J connectivity index is 0. The Morgan fingerprint density at radius 3 is 1.69 bits per heavy atom. The maximum Gasteiger partial charge on any atom is 0.0787 e. The van der Waals surface area contributed by atoms with Gasteiger partial charge >= 0.3 is 0 Å². The Morgan fingerprint density at radius 2 is 1.38 bits per heavy atom. The number of hydrogen-bond acceptors (Lipinski definition) is 2. The zero-order valence-electron chi connectivity index (χ0n) is 9.29. The Hall–Kier alpha value is -0.120. The third kappa shape index (κ3) is 5.24. The monoisotopic (exact) mass is 191 g/mol. The van der Waals surface area contributed by atoms with Crippen LogP contribution in [0.1, 0.15) is 33.6 Å². The second kappa shape index (κ2) is 8.48. The first-order valence-corrected chi connectivity index (χ1v) is 5.20. The van der Waals surface area contributed by atoms with Crippen molar-refractivity contribution >= 4 is 0 Å². The zero-order valence-corrected chi connectivity index (χ0v) is 9.29. The van der Waals surface area contributed by atoms with Gasteiger partial charge in [-0.15, -0.1) is 0 Å². The molecule has 0 unspecified atom stereocenters. The summed E-state index contributed by atoms with van der Waals surface area (Å²) in [5, 5.41) is 8.67. The van der Waals surface area contributed by atoms with Crippen LogP contribution in [0.3, 0.4) is 0 Å². The second-order valence-electron chi connectivity index (χ2n) is 3.44. The normalized spacial score (nSPS) is 11.1. The lowest BCUT2D eigenvalue weighted by atomic mass is 10.2. The van der Waals surface area contributed by atoms with Crippen LogP contribution in [0.2, 0.25) is 0 Å². The van der Waals surface area contributed by atoms with Gasteiger partial charge in [0.05, 0.1) is 26.2 Å². The van der Waals surface area contributed by atoms with Crippen LogP contribution in [0.4, 0.5) is 0 Å². The maximum atomic E-state index is 8.67. The fourth-order valence-corrected chi connectivity index (χ4v) is 1.70. The van der Waals surface area contributed by atoms with Crippen LogP contribution >= 0.6 is 0 Å². The summed E-state index contributed by atoms with van der Waals surface area (Å²) in [4.78, 5) is 0. The molecule has 0 saturated heterocycles. The summed E-state index contributed by atoms with van der Waals surface area (Å²) in [7, 11) is 0. The lowest BCUT2D eigenvalue weighted by Crippen LogP contribution is -2.48. The van der Waals surface area contributed by atoms with Gasteiger partial charge in [0.25, 0.3) is 0 Å². The third-order valence-electron chi connectivity index (χ3n) is 3.05. The smallest absolute Gasteiger partial charge is 0.0787 e. The first-order chi connectivity index (χ1) is 5.74. The number of hydrogen-bond donors (Lipinski definition) is 1. The largest absolute Gasteiger partial charge is 0.870 e. The number of unbranched alkanes of at least 4 members (excludes halogenated alkanes) is 1. The highest BCUT2D eigenvalue weighted by atomic mass is 16.2. The predicted octanol–water partition coefficient (Wildman–Crippen LogP) is 1.46. The third-order valence-corrected chi connectivity index (χ3v) is 3.05. The van der Waals surface area contributed by atoms with E-state index in [1.165, 1.54) is 30.7 Å². The van der Waals surface area contributed by atoms with Gasteiger partial charge in [-0.05, 0) is 33.6 Å². The minimum absolute atomic E-state index is 0. The Kier molecular flexibility index (Phi) is 10.0. The topological polar surface area (TPSA) is 50.2 Å². The fraction of sp³-hybridized carbons (Fsp3) is 1.00. The number of aliphatic hydroxyl groups is 1. The van der Waals surface area contributed by atoms with Gasteiger partial charge in [0.2, 0.25) is 0 Å². The van der Waals surface area contributed by atoms with Gasteiger partial charge in [0.1, 0.15) is 0 Å². The summed E-state index contributed by atoms with van der Waals surface area (Å²) in [5.41, 5.74) is 0. The Bertz CT molecular complexity index is 94.8. The molecule has 0 aromatic heterocycles.